The molecular formula is C17H21NO2S. The highest BCUT2D eigenvalue weighted by molar-refractivity contribution is 7.11. The van der Waals surface area contributed by atoms with Crippen LogP contribution in [0.1, 0.15) is 28.7 Å². The van der Waals surface area contributed by atoms with E-state index in [1.54, 1.807) is 30.2 Å². The average Bonchev–Trinajstić information content (AvgIpc) is 2.84. The Labute approximate surface area is 129 Å². The number of aliphatic hydroxyl groups is 1. The predicted octanol–water partition coefficient (Wildman–Crippen LogP) is 3.31. The van der Waals surface area contributed by atoms with E-state index < -0.39 is 5.60 Å². The van der Waals surface area contributed by atoms with Crippen molar-refractivity contribution in [3.05, 3.63) is 57.8 Å². The number of hydrogen-bond donors (Lipinski definition) is 1. The molecule has 3 nitrogen and oxygen atoms in total. The third-order valence-corrected chi connectivity index (χ3v) is 4.49. The molecule has 1 unspecified atom stereocenters. The third kappa shape index (κ3) is 4.16. The Hall–Kier alpha value is -1.65. The fourth-order valence-electron chi connectivity index (χ4n) is 2.22. The van der Waals surface area contributed by atoms with Crippen molar-refractivity contribution in [2.45, 2.75) is 32.4 Å². The molecule has 0 aliphatic carbocycles. The first-order valence-electron chi connectivity index (χ1n) is 6.96. The van der Waals surface area contributed by atoms with Crippen LogP contribution in [-0.2, 0) is 16.9 Å². The molecule has 1 aromatic carbocycles. The van der Waals surface area contributed by atoms with E-state index in [2.05, 4.69) is 13.0 Å². The Balaban J connectivity index is 2.00. The Morgan fingerprint density at radius 2 is 1.90 bits per heavy atom. The molecule has 0 saturated heterocycles. The van der Waals surface area contributed by atoms with Crippen molar-refractivity contribution in [1.82, 2.24) is 4.90 Å². The maximum absolute atomic E-state index is 12.3. The van der Waals surface area contributed by atoms with Crippen LogP contribution in [0, 0.1) is 6.92 Å². The van der Waals surface area contributed by atoms with Gasteiger partial charge in [0, 0.05) is 16.8 Å². The standard InChI is InChI=1S/C17H21NO2S/c1-13-9-10-15(21-13)12-18(3)16(19)11-17(2,20)14-7-5-4-6-8-14/h4-10,20H,11-12H2,1-3H3. The van der Waals surface area contributed by atoms with Gasteiger partial charge in [0.15, 0.2) is 0 Å². The molecule has 2 rings (SSSR count). The SMILES string of the molecule is Cc1ccc(CN(C)C(=O)CC(C)(O)c2ccccc2)s1. The molecule has 0 aliphatic heterocycles. The molecule has 21 heavy (non-hydrogen) atoms. The molecule has 2 aromatic rings. The number of carbonyl (C=O) groups excluding carboxylic acids is 1. The van der Waals surface area contributed by atoms with Gasteiger partial charge in [-0.2, -0.15) is 0 Å². The van der Waals surface area contributed by atoms with Crippen LogP contribution in [0.4, 0.5) is 0 Å². The van der Waals surface area contributed by atoms with Gasteiger partial charge in [-0.3, -0.25) is 4.79 Å². The summed E-state index contributed by atoms with van der Waals surface area (Å²) in [5.41, 5.74) is -0.378. The van der Waals surface area contributed by atoms with Gasteiger partial charge in [0.05, 0.1) is 18.6 Å². The number of rotatable bonds is 5. The topological polar surface area (TPSA) is 40.5 Å². The van der Waals surface area contributed by atoms with E-state index in [1.807, 2.05) is 36.4 Å². The highest BCUT2D eigenvalue weighted by Crippen LogP contribution is 2.25. The molecule has 1 heterocycles. The number of benzene rings is 1. The lowest BCUT2D eigenvalue weighted by Crippen LogP contribution is -2.33. The first kappa shape index (κ1) is 15.7. The van der Waals surface area contributed by atoms with Crippen molar-refractivity contribution in [1.29, 1.82) is 0 Å². The van der Waals surface area contributed by atoms with Crippen molar-refractivity contribution in [3.63, 3.8) is 0 Å². The second-order valence-corrected chi connectivity index (χ2v) is 6.95. The minimum absolute atomic E-state index is 0.0603. The summed E-state index contributed by atoms with van der Waals surface area (Å²) in [5, 5.41) is 10.5. The summed E-state index contributed by atoms with van der Waals surface area (Å²) < 4.78 is 0. The van der Waals surface area contributed by atoms with Crippen LogP contribution >= 0.6 is 11.3 Å². The molecular weight excluding hydrogens is 282 g/mol. The molecule has 1 N–H and O–H groups in total. The lowest BCUT2D eigenvalue weighted by atomic mass is 9.92. The molecule has 0 fully saturated rings. The second-order valence-electron chi connectivity index (χ2n) is 5.58. The second kappa shape index (κ2) is 6.41. The molecule has 0 spiro atoms. The van der Waals surface area contributed by atoms with Gasteiger partial charge < -0.3 is 10.0 Å². The van der Waals surface area contributed by atoms with E-state index in [1.165, 1.54) is 4.88 Å². The van der Waals surface area contributed by atoms with E-state index in [9.17, 15) is 9.90 Å². The quantitative estimate of drug-likeness (QED) is 0.920. The molecule has 1 amide bonds. The fraction of sp³-hybridized carbons (Fsp3) is 0.353. The van der Waals surface area contributed by atoms with Crippen LogP contribution < -0.4 is 0 Å². The third-order valence-electron chi connectivity index (χ3n) is 3.51. The summed E-state index contributed by atoms with van der Waals surface area (Å²) in [6, 6.07) is 13.4. The summed E-state index contributed by atoms with van der Waals surface area (Å²) in [7, 11) is 1.78. The van der Waals surface area contributed by atoms with Crippen molar-refractivity contribution < 1.29 is 9.90 Å². The van der Waals surface area contributed by atoms with Gasteiger partial charge in [-0.25, -0.2) is 0 Å². The largest absolute Gasteiger partial charge is 0.385 e. The monoisotopic (exact) mass is 303 g/mol. The lowest BCUT2D eigenvalue weighted by molar-refractivity contribution is -0.135. The van der Waals surface area contributed by atoms with Crippen LogP contribution in [0.5, 0.6) is 0 Å². The Morgan fingerprint density at radius 1 is 1.24 bits per heavy atom. The number of nitrogens with zero attached hydrogens (tertiary/aromatic N) is 1. The van der Waals surface area contributed by atoms with Crippen LogP contribution in [0.15, 0.2) is 42.5 Å². The number of hydrogen-bond acceptors (Lipinski definition) is 3. The predicted molar refractivity (Wildman–Crippen MR) is 86.2 cm³/mol. The Bertz CT molecular complexity index is 604. The number of thiophene rings is 1. The van der Waals surface area contributed by atoms with Gasteiger partial charge in [0.1, 0.15) is 0 Å². The van der Waals surface area contributed by atoms with Crippen LogP contribution in [0.2, 0.25) is 0 Å². The maximum atomic E-state index is 12.3. The van der Waals surface area contributed by atoms with E-state index in [0.717, 1.165) is 10.4 Å². The number of aryl methyl sites for hydroxylation is 1. The molecule has 0 bridgehead atoms. The summed E-state index contributed by atoms with van der Waals surface area (Å²) in [4.78, 5) is 16.4. The van der Waals surface area contributed by atoms with Crippen LogP contribution in [-0.4, -0.2) is 23.0 Å². The normalized spacial score (nSPS) is 13.7. The average molecular weight is 303 g/mol. The van der Waals surface area contributed by atoms with Crippen molar-refractivity contribution in [2.24, 2.45) is 0 Å². The van der Waals surface area contributed by atoms with Gasteiger partial charge in [-0.15, -0.1) is 11.3 Å². The molecule has 1 aromatic heterocycles. The van der Waals surface area contributed by atoms with Gasteiger partial charge in [0.2, 0.25) is 5.91 Å². The van der Waals surface area contributed by atoms with E-state index in [4.69, 9.17) is 0 Å². The summed E-state index contributed by atoms with van der Waals surface area (Å²) in [6.45, 7) is 4.32. The van der Waals surface area contributed by atoms with Crippen molar-refractivity contribution in [3.8, 4) is 0 Å². The zero-order valence-corrected chi connectivity index (χ0v) is 13.5. The van der Waals surface area contributed by atoms with Crippen LogP contribution in [0.3, 0.4) is 0 Å². The number of amides is 1. The van der Waals surface area contributed by atoms with Gasteiger partial charge >= 0.3 is 0 Å². The summed E-state index contributed by atoms with van der Waals surface area (Å²) >= 11 is 1.69. The van der Waals surface area contributed by atoms with Gasteiger partial charge in [-0.1, -0.05) is 30.3 Å². The van der Waals surface area contributed by atoms with E-state index >= 15 is 0 Å². The van der Waals surface area contributed by atoms with Crippen LogP contribution in [0.25, 0.3) is 0 Å². The van der Waals surface area contributed by atoms with Crippen molar-refractivity contribution >= 4 is 17.2 Å². The zero-order valence-electron chi connectivity index (χ0n) is 12.7. The molecule has 0 aliphatic rings. The first-order chi connectivity index (χ1) is 9.88. The molecule has 1 atom stereocenters. The summed E-state index contributed by atoms with van der Waals surface area (Å²) in [6.07, 6.45) is 0.0812. The highest BCUT2D eigenvalue weighted by atomic mass is 32.1. The molecule has 0 radical (unpaired) electrons. The molecule has 0 saturated carbocycles. The molecule has 112 valence electrons. The zero-order chi connectivity index (χ0) is 15.5. The van der Waals surface area contributed by atoms with Crippen molar-refractivity contribution in [2.75, 3.05) is 7.05 Å². The maximum Gasteiger partial charge on any atom is 0.225 e. The fourth-order valence-corrected chi connectivity index (χ4v) is 3.16. The summed E-state index contributed by atoms with van der Waals surface area (Å²) in [5.74, 6) is -0.0603. The highest BCUT2D eigenvalue weighted by Gasteiger charge is 2.28. The van der Waals surface area contributed by atoms with Gasteiger partial charge in [-0.05, 0) is 31.5 Å². The van der Waals surface area contributed by atoms with E-state index in [-0.39, 0.29) is 12.3 Å². The first-order valence-corrected chi connectivity index (χ1v) is 7.77. The molecule has 4 heteroatoms. The van der Waals surface area contributed by atoms with Gasteiger partial charge in [0.25, 0.3) is 0 Å². The van der Waals surface area contributed by atoms with E-state index in [0.29, 0.717) is 6.54 Å². The number of carbonyl (C=O) groups is 1. The smallest absolute Gasteiger partial charge is 0.225 e. The minimum Gasteiger partial charge on any atom is -0.385 e. The Morgan fingerprint density at radius 3 is 2.48 bits per heavy atom. The lowest BCUT2D eigenvalue weighted by Gasteiger charge is -2.26. The minimum atomic E-state index is -1.14. The Kier molecular flexibility index (Phi) is 4.80.